The lowest BCUT2D eigenvalue weighted by molar-refractivity contribution is -0.120. The van der Waals surface area contributed by atoms with Crippen molar-refractivity contribution in [2.24, 2.45) is 0 Å². The maximum absolute atomic E-state index is 11.2. The van der Waals surface area contributed by atoms with Crippen molar-refractivity contribution in [3.05, 3.63) is 23.3 Å². The van der Waals surface area contributed by atoms with Gasteiger partial charge in [0.05, 0.1) is 7.11 Å². The summed E-state index contributed by atoms with van der Waals surface area (Å²) in [7, 11) is 3.81. The largest absolute Gasteiger partial charge is 0.497 e. The molecule has 0 aromatic heterocycles. The maximum atomic E-state index is 11.2. The molecule has 1 aromatic carbocycles. The minimum atomic E-state index is 0.139. The first-order valence-corrected chi connectivity index (χ1v) is 7.09. The molecule has 3 nitrogen and oxygen atoms in total. The monoisotopic (exact) mass is 259 g/mol. The van der Waals surface area contributed by atoms with Gasteiger partial charge in [-0.1, -0.05) is 13.0 Å². The van der Waals surface area contributed by atoms with Gasteiger partial charge in [0.25, 0.3) is 0 Å². The van der Waals surface area contributed by atoms with Crippen LogP contribution < -0.4 is 15.5 Å². The Hall–Kier alpha value is -1.45. The number of amides is 1. The van der Waals surface area contributed by atoms with Gasteiger partial charge in [0.15, 0.2) is 0 Å². The lowest BCUT2D eigenvalue weighted by Gasteiger charge is -2.14. The third-order valence-corrected chi connectivity index (χ3v) is 3.99. The Morgan fingerprint density at radius 3 is 3.00 bits per heavy atom. The molecule has 19 heavy (non-hydrogen) atoms. The third-order valence-electron chi connectivity index (χ3n) is 3.99. The summed E-state index contributed by atoms with van der Waals surface area (Å²) < 4.78 is 5.41. The summed E-state index contributed by atoms with van der Waals surface area (Å²) in [6.45, 7) is 2.65. The average Bonchev–Trinajstić information content (AvgIpc) is 2.79. The van der Waals surface area contributed by atoms with E-state index in [9.17, 15) is 4.79 Å². The smallest absolute Gasteiger partial charge is 0.219 e. The van der Waals surface area contributed by atoms with E-state index in [0.717, 1.165) is 25.1 Å². The van der Waals surface area contributed by atoms with Crippen LogP contribution in [0.3, 0.4) is 0 Å². The molecule has 1 amide bonds. The second-order valence-corrected chi connectivity index (χ2v) is 5.25. The molecule has 0 unspecified atom stereocenters. The van der Waals surface area contributed by atoms with Crippen molar-refractivity contribution < 1.29 is 9.53 Å². The molecule has 0 radical (unpaired) electrons. The molecule has 1 atom stereocenters. The highest BCUT2D eigenvalue weighted by molar-refractivity contribution is 6.34. The van der Waals surface area contributed by atoms with E-state index in [1.807, 2.05) is 6.92 Å². The molecular weight excluding hydrogens is 237 g/mol. The first-order chi connectivity index (χ1) is 9.15. The second-order valence-electron chi connectivity index (χ2n) is 5.25. The first-order valence-electron chi connectivity index (χ1n) is 7.09. The molecule has 0 saturated carbocycles. The van der Waals surface area contributed by atoms with Gasteiger partial charge in [-0.3, -0.25) is 4.79 Å². The number of methoxy groups -OCH3 is 1. The van der Waals surface area contributed by atoms with Crippen LogP contribution in [0, 0.1) is 0 Å². The van der Waals surface area contributed by atoms with Gasteiger partial charge in [-0.25, -0.2) is 0 Å². The minimum Gasteiger partial charge on any atom is -0.497 e. The minimum absolute atomic E-state index is 0.139. The van der Waals surface area contributed by atoms with Gasteiger partial charge >= 0.3 is 0 Å². The van der Waals surface area contributed by atoms with Crippen LogP contribution >= 0.6 is 0 Å². The third kappa shape index (κ3) is 3.11. The quantitative estimate of drug-likeness (QED) is 0.798. The zero-order valence-electron chi connectivity index (χ0n) is 12.1. The van der Waals surface area contributed by atoms with E-state index in [2.05, 4.69) is 25.3 Å². The molecule has 2 rings (SSSR count). The number of rotatable bonds is 5. The van der Waals surface area contributed by atoms with Gasteiger partial charge in [-0.2, -0.15) is 0 Å². The Morgan fingerprint density at radius 2 is 2.32 bits per heavy atom. The van der Waals surface area contributed by atoms with E-state index in [1.165, 1.54) is 23.0 Å². The summed E-state index contributed by atoms with van der Waals surface area (Å²) in [5, 5.41) is 2.96. The molecule has 102 valence electrons. The number of benzene rings is 1. The highest BCUT2D eigenvalue weighted by atomic mass is 16.5. The number of carbonyl (C=O) groups excluding carboxylic acids is 1. The fourth-order valence-corrected chi connectivity index (χ4v) is 2.88. The number of carbonyl (C=O) groups is 1. The Morgan fingerprint density at radius 1 is 1.53 bits per heavy atom. The molecule has 1 aliphatic carbocycles. The van der Waals surface area contributed by atoms with Crippen molar-refractivity contribution in [3.8, 4) is 5.75 Å². The summed E-state index contributed by atoms with van der Waals surface area (Å²) in [5.41, 5.74) is 4.07. The summed E-state index contributed by atoms with van der Waals surface area (Å²) in [4.78, 5) is 11.2. The molecule has 0 bridgehead atoms. The van der Waals surface area contributed by atoms with Crippen LogP contribution in [-0.2, 0) is 11.2 Å². The number of hydrogen-bond acceptors (Lipinski definition) is 2. The number of hydrogen-bond donors (Lipinski definition) is 1. The van der Waals surface area contributed by atoms with Crippen LogP contribution in [0.2, 0.25) is 0 Å². The zero-order valence-corrected chi connectivity index (χ0v) is 12.1. The molecule has 0 aliphatic heterocycles. The fourth-order valence-electron chi connectivity index (χ4n) is 2.88. The van der Waals surface area contributed by atoms with E-state index in [4.69, 9.17) is 4.74 Å². The molecule has 0 spiro atoms. The van der Waals surface area contributed by atoms with Gasteiger partial charge in [0, 0.05) is 13.0 Å². The standard InChI is InChI=1S/C15H22BNO2/c1-3-15(18)17-7-6-10-4-5-11-8-13(16)14(19-2)9-12(10)11/h8-10H,3-7,16H2,1-2H3,(H,17,18)/t10-/m0/s1. The molecule has 0 fully saturated rings. The summed E-state index contributed by atoms with van der Waals surface area (Å²) >= 11 is 0. The fraction of sp³-hybridized carbons (Fsp3) is 0.533. The van der Waals surface area contributed by atoms with Crippen LogP contribution in [0.5, 0.6) is 5.75 Å². The highest BCUT2D eigenvalue weighted by Gasteiger charge is 2.23. The van der Waals surface area contributed by atoms with E-state index in [-0.39, 0.29) is 5.91 Å². The first kappa shape index (κ1) is 14.0. The van der Waals surface area contributed by atoms with Crippen LogP contribution in [0.15, 0.2) is 12.1 Å². The lowest BCUT2D eigenvalue weighted by Crippen LogP contribution is -2.24. The maximum Gasteiger partial charge on any atom is 0.219 e. The summed E-state index contributed by atoms with van der Waals surface area (Å²) in [6.07, 6.45) is 3.91. The van der Waals surface area contributed by atoms with Gasteiger partial charge in [-0.05, 0) is 47.8 Å². The molecule has 1 aromatic rings. The number of ether oxygens (including phenoxy) is 1. The van der Waals surface area contributed by atoms with Gasteiger partial charge in [-0.15, -0.1) is 0 Å². The van der Waals surface area contributed by atoms with Crippen LogP contribution in [-0.4, -0.2) is 27.4 Å². The van der Waals surface area contributed by atoms with E-state index < -0.39 is 0 Å². The van der Waals surface area contributed by atoms with Crippen molar-refractivity contribution in [1.82, 2.24) is 5.32 Å². The Labute approximate surface area is 116 Å². The Kier molecular flexibility index (Phi) is 4.51. The lowest BCUT2D eigenvalue weighted by atomic mass is 9.89. The molecule has 0 heterocycles. The van der Waals surface area contributed by atoms with Gasteiger partial charge < -0.3 is 10.1 Å². The molecule has 4 heteroatoms. The van der Waals surface area contributed by atoms with Crippen molar-refractivity contribution in [2.45, 2.75) is 38.5 Å². The van der Waals surface area contributed by atoms with Gasteiger partial charge in [0.2, 0.25) is 5.91 Å². The Bertz CT molecular complexity index is 473. The molecule has 1 N–H and O–H groups in total. The highest BCUT2D eigenvalue weighted by Crippen LogP contribution is 2.36. The molecule has 0 saturated heterocycles. The van der Waals surface area contributed by atoms with Crippen LogP contribution in [0.4, 0.5) is 0 Å². The zero-order chi connectivity index (χ0) is 13.8. The average molecular weight is 259 g/mol. The van der Waals surface area contributed by atoms with Crippen LogP contribution in [0.1, 0.15) is 43.2 Å². The number of nitrogens with one attached hydrogen (secondary N) is 1. The van der Waals surface area contributed by atoms with E-state index in [1.54, 1.807) is 7.11 Å². The predicted molar refractivity (Wildman–Crippen MR) is 80.2 cm³/mol. The van der Waals surface area contributed by atoms with Crippen molar-refractivity contribution in [2.75, 3.05) is 13.7 Å². The summed E-state index contributed by atoms with van der Waals surface area (Å²) in [5.74, 6) is 1.67. The van der Waals surface area contributed by atoms with Crippen molar-refractivity contribution >= 4 is 19.2 Å². The number of aryl methyl sites for hydroxylation is 1. The Balaban J connectivity index is 2.02. The van der Waals surface area contributed by atoms with Gasteiger partial charge in [0.1, 0.15) is 13.6 Å². The molecular formula is C15H22BNO2. The van der Waals surface area contributed by atoms with Crippen molar-refractivity contribution in [1.29, 1.82) is 0 Å². The van der Waals surface area contributed by atoms with Crippen LogP contribution in [0.25, 0.3) is 0 Å². The van der Waals surface area contributed by atoms with E-state index >= 15 is 0 Å². The van der Waals surface area contributed by atoms with E-state index in [0.29, 0.717) is 12.3 Å². The molecule has 1 aliphatic rings. The predicted octanol–water partition coefficient (Wildman–Crippen LogP) is 0.900. The normalized spacial score (nSPS) is 17.1. The second kappa shape index (κ2) is 6.13. The summed E-state index contributed by atoms with van der Waals surface area (Å²) in [6, 6.07) is 4.43. The number of fused-ring (bicyclic) bond motifs is 1. The topological polar surface area (TPSA) is 38.3 Å². The SMILES string of the molecule is Bc1cc2c(cc1OC)[C@H](CCNC(=O)CC)CC2. The van der Waals surface area contributed by atoms with Crippen molar-refractivity contribution in [3.63, 3.8) is 0 Å².